The molecule has 1 aromatic rings. The van der Waals surface area contributed by atoms with Gasteiger partial charge in [-0.15, -0.1) is 0 Å². The second kappa shape index (κ2) is 6.19. The van der Waals surface area contributed by atoms with E-state index in [1.165, 1.54) is 48.1 Å². The highest BCUT2D eigenvalue weighted by atomic mass is 15.1. The minimum Gasteiger partial charge on any atom is -0.374 e. The van der Waals surface area contributed by atoms with Crippen LogP contribution in [-0.2, 0) is 12.8 Å². The maximum atomic E-state index is 4.28. The summed E-state index contributed by atoms with van der Waals surface area (Å²) in [6.45, 7) is 14.4. The van der Waals surface area contributed by atoms with Crippen molar-refractivity contribution in [2.45, 2.75) is 53.4 Å². The maximum absolute atomic E-state index is 4.28. The summed E-state index contributed by atoms with van der Waals surface area (Å²) in [4.78, 5) is 2.44. The van der Waals surface area contributed by atoms with Crippen molar-refractivity contribution in [2.24, 2.45) is 11.8 Å². The molecule has 0 aliphatic heterocycles. The molecule has 2 aliphatic carbocycles. The largest absolute Gasteiger partial charge is 0.374 e. The zero-order valence-corrected chi connectivity index (χ0v) is 15.5. The molecule has 0 spiro atoms. The monoisotopic (exact) mass is 309 g/mol. The molecule has 23 heavy (non-hydrogen) atoms. The van der Waals surface area contributed by atoms with Crippen LogP contribution in [0, 0.1) is 11.8 Å². The Morgan fingerprint density at radius 1 is 1.30 bits per heavy atom. The Kier molecular flexibility index (Phi) is 4.40. The number of nitrogens with zero attached hydrogens (tertiary/aromatic N) is 1. The number of hydrogen-bond donors (Lipinski definition) is 0. The lowest BCUT2D eigenvalue weighted by atomic mass is 9.91. The van der Waals surface area contributed by atoms with Crippen molar-refractivity contribution in [3.05, 3.63) is 40.5 Å². The van der Waals surface area contributed by atoms with Gasteiger partial charge in [0.05, 0.1) is 0 Å². The standard InChI is InChI=1S/C22H31N/c1-7-23(6)22-20-11-15(4)10-18(20)13-19(14(2)3)21(22)12-16(5)17-8-9-17/h12-13,15,17H,2,7-11H2,1,3-6H3/b16-12+. The van der Waals surface area contributed by atoms with Crippen LogP contribution in [-0.4, -0.2) is 13.6 Å². The average molecular weight is 309 g/mol. The number of rotatable bonds is 5. The second-order valence-corrected chi connectivity index (χ2v) is 7.79. The molecule has 2 aliphatic rings. The number of anilines is 1. The van der Waals surface area contributed by atoms with Crippen molar-refractivity contribution in [1.82, 2.24) is 0 Å². The van der Waals surface area contributed by atoms with Crippen molar-refractivity contribution in [2.75, 3.05) is 18.5 Å². The molecule has 124 valence electrons. The molecule has 0 aromatic heterocycles. The average Bonchev–Trinajstić information content (AvgIpc) is 3.28. The van der Waals surface area contributed by atoms with Gasteiger partial charge in [0.2, 0.25) is 0 Å². The van der Waals surface area contributed by atoms with Crippen molar-refractivity contribution in [3.63, 3.8) is 0 Å². The highest BCUT2D eigenvalue weighted by Crippen LogP contribution is 2.43. The first-order valence-corrected chi connectivity index (χ1v) is 9.16. The summed E-state index contributed by atoms with van der Waals surface area (Å²) in [5, 5.41) is 0. The number of fused-ring (bicyclic) bond motifs is 1. The van der Waals surface area contributed by atoms with Gasteiger partial charge in [-0.2, -0.15) is 0 Å². The molecule has 0 N–H and O–H groups in total. The second-order valence-electron chi connectivity index (χ2n) is 7.79. The molecule has 1 heteroatoms. The molecule has 1 fully saturated rings. The first kappa shape index (κ1) is 16.4. The molecule has 1 saturated carbocycles. The molecule has 1 nitrogen and oxygen atoms in total. The lowest BCUT2D eigenvalue weighted by Crippen LogP contribution is -2.20. The Morgan fingerprint density at radius 3 is 2.57 bits per heavy atom. The minimum atomic E-state index is 0.760. The van der Waals surface area contributed by atoms with E-state index in [9.17, 15) is 0 Å². The van der Waals surface area contributed by atoms with Crippen LogP contribution in [0.2, 0.25) is 0 Å². The maximum Gasteiger partial charge on any atom is 0.0478 e. The van der Waals surface area contributed by atoms with E-state index in [0.29, 0.717) is 0 Å². The summed E-state index contributed by atoms with van der Waals surface area (Å²) in [5.41, 5.74) is 10.1. The van der Waals surface area contributed by atoms with Gasteiger partial charge in [-0.05, 0) is 75.0 Å². The molecule has 0 saturated heterocycles. The molecular formula is C22H31N. The lowest BCUT2D eigenvalue weighted by Gasteiger charge is -2.26. The summed E-state index contributed by atoms with van der Waals surface area (Å²) >= 11 is 0. The Balaban J connectivity index is 2.23. The molecule has 0 radical (unpaired) electrons. The van der Waals surface area contributed by atoms with Crippen molar-refractivity contribution in [3.8, 4) is 0 Å². The molecule has 0 heterocycles. The van der Waals surface area contributed by atoms with Crippen LogP contribution >= 0.6 is 0 Å². The van der Waals surface area contributed by atoms with Gasteiger partial charge in [-0.3, -0.25) is 0 Å². The molecule has 1 aromatic carbocycles. The van der Waals surface area contributed by atoms with E-state index in [1.54, 1.807) is 16.7 Å². The molecular weight excluding hydrogens is 278 g/mol. The SMILES string of the molecule is C=C(C)c1cc2c(c(N(C)CC)c1/C=C(\C)C1CC1)CC(C)C2. The zero-order valence-electron chi connectivity index (χ0n) is 15.5. The minimum absolute atomic E-state index is 0.760. The fraction of sp³-hybridized carbons (Fsp3) is 0.545. The van der Waals surface area contributed by atoms with E-state index < -0.39 is 0 Å². The van der Waals surface area contributed by atoms with E-state index in [1.807, 2.05) is 0 Å². The molecule has 0 bridgehead atoms. The topological polar surface area (TPSA) is 3.24 Å². The summed E-state index contributed by atoms with van der Waals surface area (Å²) < 4.78 is 0. The van der Waals surface area contributed by atoms with Gasteiger partial charge in [-0.1, -0.05) is 36.8 Å². The van der Waals surface area contributed by atoms with E-state index >= 15 is 0 Å². The van der Waals surface area contributed by atoms with Gasteiger partial charge in [-0.25, -0.2) is 0 Å². The van der Waals surface area contributed by atoms with Gasteiger partial charge in [0, 0.05) is 24.8 Å². The van der Waals surface area contributed by atoms with Crippen LogP contribution in [0.5, 0.6) is 0 Å². The molecule has 1 unspecified atom stereocenters. The summed E-state index contributed by atoms with van der Waals surface area (Å²) in [6, 6.07) is 2.43. The van der Waals surface area contributed by atoms with Gasteiger partial charge < -0.3 is 4.90 Å². The Labute approximate surface area is 142 Å². The van der Waals surface area contributed by atoms with Crippen LogP contribution in [0.25, 0.3) is 11.6 Å². The number of benzene rings is 1. The highest BCUT2D eigenvalue weighted by Gasteiger charge is 2.28. The van der Waals surface area contributed by atoms with Crippen LogP contribution in [0.3, 0.4) is 0 Å². The Morgan fingerprint density at radius 2 is 2.00 bits per heavy atom. The number of hydrogen-bond acceptors (Lipinski definition) is 1. The smallest absolute Gasteiger partial charge is 0.0478 e. The quantitative estimate of drug-likeness (QED) is 0.672. The fourth-order valence-electron chi connectivity index (χ4n) is 3.96. The Hall–Kier alpha value is -1.50. The first-order chi connectivity index (χ1) is 10.9. The summed E-state index contributed by atoms with van der Waals surface area (Å²) in [5.74, 6) is 1.58. The van der Waals surface area contributed by atoms with Crippen molar-refractivity contribution < 1.29 is 0 Å². The third-order valence-electron chi connectivity index (χ3n) is 5.57. The van der Waals surface area contributed by atoms with Gasteiger partial charge in [0.1, 0.15) is 0 Å². The molecule has 0 amide bonds. The van der Waals surface area contributed by atoms with Crippen LogP contribution in [0.15, 0.2) is 18.2 Å². The molecule has 3 rings (SSSR count). The lowest BCUT2D eigenvalue weighted by molar-refractivity contribution is 0.627. The van der Waals surface area contributed by atoms with Crippen molar-refractivity contribution >= 4 is 17.3 Å². The third-order valence-corrected chi connectivity index (χ3v) is 5.57. The number of allylic oxidation sites excluding steroid dienone is 2. The predicted octanol–water partition coefficient (Wildman–Crippen LogP) is 5.72. The van der Waals surface area contributed by atoms with Gasteiger partial charge in [0.15, 0.2) is 0 Å². The normalized spacial score (nSPS) is 20.6. The van der Waals surface area contributed by atoms with Crippen LogP contribution in [0.4, 0.5) is 5.69 Å². The fourth-order valence-corrected chi connectivity index (χ4v) is 3.96. The van der Waals surface area contributed by atoms with Gasteiger partial charge in [0.25, 0.3) is 0 Å². The van der Waals surface area contributed by atoms with Crippen molar-refractivity contribution in [1.29, 1.82) is 0 Å². The van der Waals surface area contributed by atoms with Crippen LogP contribution < -0.4 is 4.90 Å². The zero-order chi connectivity index (χ0) is 16.7. The molecule has 1 atom stereocenters. The third kappa shape index (κ3) is 3.11. The summed E-state index contributed by atoms with van der Waals surface area (Å²) in [6.07, 6.45) is 7.63. The van der Waals surface area contributed by atoms with E-state index in [4.69, 9.17) is 0 Å². The van der Waals surface area contributed by atoms with Gasteiger partial charge >= 0.3 is 0 Å². The Bertz CT molecular complexity index is 661. The predicted molar refractivity (Wildman–Crippen MR) is 103 cm³/mol. The highest BCUT2D eigenvalue weighted by molar-refractivity contribution is 5.84. The van der Waals surface area contributed by atoms with Crippen LogP contribution in [0.1, 0.15) is 62.8 Å². The van der Waals surface area contributed by atoms with E-state index in [2.05, 4.69) is 58.4 Å². The summed E-state index contributed by atoms with van der Waals surface area (Å²) in [7, 11) is 2.24. The van der Waals surface area contributed by atoms with E-state index in [0.717, 1.165) is 18.4 Å². The first-order valence-electron chi connectivity index (χ1n) is 9.16. The van der Waals surface area contributed by atoms with E-state index in [-0.39, 0.29) is 0 Å².